The molecular weight excluding hydrogens is 228 g/mol. The quantitative estimate of drug-likeness (QED) is 0.802. The van der Waals surface area contributed by atoms with Gasteiger partial charge in [0.1, 0.15) is 5.75 Å². The molecule has 0 radical (unpaired) electrons. The second-order valence-electron chi connectivity index (χ2n) is 5.03. The second-order valence-corrected chi connectivity index (χ2v) is 5.03. The Morgan fingerprint density at radius 1 is 1.17 bits per heavy atom. The van der Waals surface area contributed by atoms with Crippen molar-refractivity contribution in [3.8, 4) is 5.75 Å². The number of hydrogen-bond acceptors (Lipinski definition) is 3. The summed E-state index contributed by atoms with van der Waals surface area (Å²) in [7, 11) is 0. The van der Waals surface area contributed by atoms with Crippen LogP contribution in [0.5, 0.6) is 5.75 Å². The Kier molecular flexibility index (Phi) is 4.25. The normalized spacial score (nSPS) is 18.2. The maximum absolute atomic E-state index is 5.75. The molecule has 1 saturated heterocycles. The maximum atomic E-state index is 5.75. The molecule has 1 aromatic carbocycles. The Morgan fingerprint density at radius 3 is 2.28 bits per heavy atom. The molecule has 1 aromatic rings. The Balaban J connectivity index is 2.07. The first kappa shape index (κ1) is 13.4. The van der Waals surface area contributed by atoms with E-state index < -0.39 is 5.79 Å². The molecule has 0 spiro atoms. The van der Waals surface area contributed by atoms with E-state index in [-0.39, 0.29) is 0 Å². The highest BCUT2D eigenvalue weighted by Crippen LogP contribution is 2.35. The third-order valence-corrected chi connectivity index (χ3v) is 3.10. The van der Waals surface area contributed by atoms with Gasteiger partial charge in [-0.15, -0.1) is 0 Å². The van der Waals surface area contributed by atoms with Crippen LogP contribution in [0.3, 0.4) is 0 Å². The molecule has 1 aliphatic rings. The largest absolute Gasteiger partial charge is 0.493 e. The van der Waals surface area contributed by atoms with Crippen LogP contribution in [0.25, 0.3) is 0 Å². The number of rotatable bonds is 5. The van der Waals surface area contributed by atoms with Crippen LogP contribution in [0.2, 0.25) is 0 Å². The molecule has 3 nitrogen and oxygen atoms in total. The van der Waals surface area contributed by atoms with Crippen molar-refractivity contribution in [1.82, 2.24) is 0 Å². The molecule has 18 heavy (non-hydrogen) atoms. The molecule has 0 atom stereocenters. The molecule has 0 N–H and O–H groups in total. The van der Waals surface area contributed by atoms with Gasteiger partial charge in [0.05, 0.1) is 19.8 Å². The first-order chi connectivity index (χ1) is 8.66. The standard InChI is InChI=1S/C15H22O3/c1-4-15(17-9-10-18-15)13-5-7-14(8-6-13)16-11-12(2)3/h5-8,12H,4,9-11H2,1-3H3. The van der Waals surface area contributed by atoms with Crippen LogP contribution >= 0.6 is 0 Å². The lowest BCUT2D eigenvalue weighted by molar-refractivity contribution is -0.167. The summed E-state index contributed by atoms with van der Waals surface area (Å²) in [4.78, 5) is 0. The van der Waals surface area contributed by atoms with Gasteiger partial charge < -0.3 is 14.2 Å². The van der Waals surface area contributed by atoms with Crippen molar-refractivity contribution in [2.45, 2.75) is 33.0 Å². The minimum atomic E-state index is -0.545. The Hall–Kier alpha value is -1.06. The number of hydrogen-bond donors (Lipinski definition) is 0. The van der Waals surface area contributed by atoms with Gasteiger partial charge in [-0.05, 0) is 30.2 Å². The van der Waals surface area contributed by atoms with Gasteiger partial charge in [-0.1, -0.05) is 20.8 Å². The molecule has 100 valence electrons. The molecule has 2 rings (SSSR count). The molecule has 3 heteroatoms. The molecule has 0 aliphatic carbocycles. The van der Waals surface area contributed by atoms with E-state index in [1.165, 1.54) is 0 Å². The van der Waals surface area contributed by atoms with Crippen LogP contribution in [-0.4, -0.2) is 19.8 Å². The zero-order valence-electron chi connectivity index (χ0n) is 11.4. The lowest BCUT2D eigenvalue weighted by Gasteiger charge is -2.26. The van der Waals surface area contributed by atoms with E-state index in [1.807, 2.05) is 24.3 Å². The van der Waals surface area contributed by atoms with Gasteiger partial charge >= 0.3 is 0 Å². The second kappa shape index (κ2) is 5.72. The number of ether oxygens (including phenoxy) is 3. The third-order valence-electron chi connectivity index (χ3n) is 3.10. The van der Waals surface area contributed by atoms with Crippen molar-refractivity contribution in [2.24, 2.45) is 5.92 Å². The van der Waals surface area contributed by atoms with Crippen LogP contribution in [0.1, 0.15) is 32.8 Å². The van der Waals surface area contributed by atoms with Crippen molar-refractivity contribution in [3.63, 3.8) is 0 Å². The summed E-state index contributed by atoms with van der Waals surface area (Å²) in [5, 5.41) is 0. The van der Waals surface area contributed by atoms with Gasteiger partial charge in [-0.25, -0.2) is 0 Å². The van der Waals surface area contributed by atoms with Gasteiger partial charge in [-0.3, -0.25) is 0 Å². The van der Waals surface area contributed by atoms with E-state index in [2.05, 4.69) is 20.8 Å². The zero-order chi connectivity index (χ0) is 13.0. The molecule has 0 saturated carbocycles. The maximum Gasteiger partial charge on any atom is 0.194 e. The molecule has 0 aromatic heterocycles. The topological polar surface area (TPSA) is 27.7 Å². The summed E-state index contributed by atoms with van der Waals surface area (Å²) in [6.45, 7) is 8.43. The zero-order valence-corrected chi connectivity index (χ0v) is 11.4. The molecular formula is C15H22O3. The number of benzene rings is 1. The van der Waals surface area contributed by atoms with Crippen molar-refractivity contribution >= 4 is 0 Å². The summed E-state index contributed by atoms with van der Waals surface area (Å²) in [6, 6.07) is 8.04. The molecule has 0 amide bonds. The predicted octanol–water partition coefficient (Wildman–Crippen LogP) is 3.33. The minimum Gasteiger partial charge on any atom is -0.493 e. The molecule has 0 bridgehead atoms. The first-order valence-corrected chi connectivity index (χ1v) is 6.67. The van der Waals surface area contributed by atoms with Crippen molar-refractivity contribution < 1.29 is 14.2 Å². The fourth-order valence-electron chi connectivity index (χ4n) is 2.10. The SMILES string of the molecule is CCC1(c2ccc(OCC(C)C)cc2)OCCO1. The monoisotopic (exact) mass is 250 g/mol. The van der Waals surface area contributed by atoms with Crippen LogP contribution in [0.4, 0.5) is 0 Å². The summed E-state index contributed by atoms with van der Waals surface area (Å²) < 4.78 is 17.2. The highest BCUT2D eigenvalue weighted by molar-refractivity contribution is 5.30. The van der Waals surface area contributed by atoms with Crippen molar-refractivity contribution in [3.05, 3.63) is 29.8 Å². The fourth-order valence-corrected chi connectivity index (χ4v) is 2.10. The smallest absolute Gasteiger partial charge is 0.194 e. The lowest BCUT2D eigenvalue weighted by atomic mass is 10.0. The van der Waals surface area contributed by atoms with E-state index >= 15 is 0 Å². The fraction of sp³-hybridized carbons (Fsp3) is 0.600. The Bertz CT molecular complexity index is 364. The van der Waals surface area contributed by atoms with Crippen LogP contribution < -0.4 is 4.74 Å². The van der Waals surface area contributed by atoms with Gasteiger partial charge in [0.2, 0.25) is 0 Å². The molecule has 0 unspecified atom stereocenters. The van der Waals surface area contributed by atoms with Gasteiger partial charge in [0.15, 0.2) is 5.79 Å². The summed E-state index contributed by atoms with van der Waals surface area (Å²) in [5.41, 5.74) is 1.07. The van der Waals surface area contributed by atoms with E-state index in [1.54, 1.807) is 0 Å². The summed E-state index contributed by atoms with van der Waals surface area (Å²) >= 11 is 0. The summed E-state index contributed by atoms with van der Waals surface area (Å²) in [5.74, 6) is 0.890. The minimum absolute atomic E-state index is 0.535. The predicted molar refractivity (Wildman–Crippen MR) is 70.6 cm³/mol. The first-order valence-electron chi connectivity index (χ1n) is 6.67. The van der Waals surface area contributed by atoms with E-state index in [0.717, 1.165) is 24.3 Å². The third kappa shape index (κ3) is 2.85. The van der Waals surface area contributed by atoms with Crippen molar-refractivity contribution in [2.75, 3.05) is 19.8 Å². The van der Waals surface area contributed by atoms with E-state index in [0.29, 0.717) is 19.1 Å². The molecule has 1 aliphatic heterocycles. The average Bonchev–Trinajstić information content (AvgIpc) is 2.87. The molecule has 1 fully saturated rings. The Labute approximate surface area is 109 Å². The van der Waals surface area contributed by atoms with Crippen LogP contribution in [0, 0.1) is 5.92 Å². The highest BCUT2D eigenvalue weighted by atomic mass is 16.7. The molecule has 1 heterocycles. The van der Waals surface area contributed by atoms with E-state index in [9.17, 15) is 0 Å². The van der Waals surface area contributed by atoms with Crippen LogP contribution in [-0.2, 0) is 15.3 Å². The average molecular weight is 250 g/mol. The van der Waals surface area contributed by atoms with Gasteiger partial charge in [-0.2, -0.15) is 0 Å². The van der Waals surface area contributed by atoms with Gasteiger partial charge in [0, 0.05) is 12.0 Å². The van der Waals surface area contributed by atoms with Crippen molar-refractivity contribution in [1.29, 1.82) is 0 Å². The van der Waals surface area contributed by atoms with Crippen LogP contribution in [0.15, 0.2) is 24.3 Å². The van der Waals surface area contributed by atoms with E-state index in [4.69, 9.17) is 14.2 Å². The summed E-state index contributed by atoms with van der Waals surface area (Å²) in [6.07, 6.45) is 0.819. The Morgan fingerprint density at radius 2 is 1.78 bits per heavy atom. The van der Waals surface area contributed by atoms with Gasteiger partial charge in [0.25, 0.3) is 0 Å². The lowest BCUT2D eigenvalue weighted by Crippen LogP contribution is -2.25. The highest BCUT2D eigenvalue weighted by Gasteiger charge is 2.36.